The standard InChI is InChI=1S/C61H52N6O.Pt/c1-59(2,3)40-28-29-63-57(34-40)67-53-27-24-39(37-62)30-50(53)49-26-25-46(36-56(49)67)68-45-17-14-16-43(35-45)64-38-65(44-32-41(60(4,5)6)31-42(33-44)61(7,8)9)58-54(64)22-15-23-55(58)66-51-20-12-10-18-47(51)48-19-11-13-21-52(48)66;/h10-34H,1-9H3;/q;+2. The van der Waals surface area contributed by atoms with Crippen LogP contribution in [0.4, 0.5) is 22.7 Å². The van der Waals surface area contributed by atoms with E-state index in [1.54, 1.807) is 0 Å². The summed E-state index contributed by atoms with van der Waals surface area (Å²) in [5, 5.41) is 14.2. The number of nitrogens with zero attached hydrogens (tertiary/aromatic N) is 6. The maximum Gasteiger partial charge on any atom is 2.00 e. The van der Waals surface area contributed by atoms with Gasteiger partial charge in [0, 0.05) is 52.2 Å². The van der Waals surface area contributed by atoms with Gasteiger partial charge in [-0.15, -0.1) is 23.6 Å². The Hall–Kier alpha value is -7.35. The quantitative estimate of drug-likeness (QED) is 0.123. The molecule has 69 heavy (non-hydrogen) atoms. The molecule has 11 rings (SSSR count). The second kappa shape index (κ2) is 16.7. The molecule has 0 aliphatic carbocycles. The summed E-state index contributed by atoms with van der Waals surface area (Å²) in [4.78, 5) is 4.85. The van der Waals surface area contributed by atoms with Crippen LogP contribution >= 0.6 is 0 Å². The van der Waals surface area contributed by atoms with Gasteiger partial charge < -0.3 is 13.9 Å². The number of hydrogen-bond acceptors (Lipinski definition) is 3. The van der Waals surface area contributed by atoms with E-state index in [0.29, 0.717) is 17.1 Å². The minimum Gasteiger partial charge on any atom is -0.509 e. The maximum absolute atomic E-state index is 9.86. The topological polar surface area (TPSA) is 61.8 Å². The molecule has 0 bridgehead atoms. The minimum absolute atomic E-state index is 0. The molecule has 1 aliphatic heterocycles. The first-order chi connectivity index (χ1) is 32.5. The number of pyridine rings is 1. The van der Waals surface area contributed by atoms with Crippen LogP contribution in [0.1, 0.15) is 84.6 Å². The maximum atomic E-state index is 9.86. The summed E-state index contributed by atoms with van der Waals surface area (Å²) in [5.41, 5.74) is 12.9. The van der Waals surface area contributed by atoms with Crippen LogP contribution in [-0.4, -0.2) is 20.1 Å². The van der Waals surface area contributed by atoms with E-state index in [0.717, 1.165) is 67.1 Å². The van der Waals surface area contributed by atoms with E-state index in [4.69, 9.17) is 9.72 Å². The van der Waals surface area contributed by atoms with Gasteiger partial charge in [-0.05, 0) is 91.4 Å². The Morgan fingerprint density at radius 3 is 1.87 bits per heavy atom. The van der Waals surface area contributed by atoms with Gasteiger partial charge in [0.25, 0.3) is 5.69 Å². The molecule has 0 saturated heterocycles. The van der Waals surface area contributed by atoms with Crippen molar-refractivity contribution < 1.29 is 25.8 Å². The van der Waals surface area contributed by atoms with E-state index in [1.165, 1.54) is 27.5 Å². The van der Waals surface area contributed by atoms with E-state index >= 15 is 0 Å². The van der Waals surface area contributed by atoms with Crippen LogP contribution in [0.25, 0.3) is 55.1 Å². The number of benzene rings is 7. The molecule has 0 radical (unpaired) electrons. The number of nitriles is 1. The fraction of sp³-hybridized carbons (Fsp3) is 0.197. The predicted molar refractivity (Wildman–Crippen MR) is 279 cm³/mol. The van der Waals surface area contributed by atoms with Crippen molar-refractivity contribution in [1.82, 2.24) is 23.3 Å². The molecule has 0 unspecified atom stereocenters. The van der Waals surface area contributed by atoms with E-state index in [1.807, 2.05) is 48.7 Å². The van der Waals surface area contributed by atoms with Crippen LogP contribution in [0.3, 0.4) is 0 Å². The van der Waals surface area contributed by atoms with Crippen LogP contribution in [0, 0.1) is 23.5 Å². The van der Waals surface area contributed by atoms with Crippen molar-refractivity contribution in [3.8, 4) is 29.1 Å². The van der Waals surface area contributed by atoms with Crippen LogP contribution in [0.15, 0.2) is 152 Å². The number of para-hydroxylation sites is 3. The number of aromatic nitrogens is 3. The van der Waals surface area contributed by atoms with Crippen molar-refractivity contribution in [3.63, 3.8) is 0 Å². The van der Waals surface area contributed by atoms with E-state index in [-0.39, 0.29) is 37.3 Å². The Morgan fingerprint density at radius 1 is 0.565 bits per heavy atom. The fourth-order valence-electron chi connectivity index (χ4n) is 9.52. The molecule has 0 fully saturated rings. The average Bonchev–Trinajstić information content (AvgIpc) is 3.98. The van der Waals surface area contributed by atoms with E-state index in [2.05, 4.69) is 208 Å². The molecular formula is C61H52N6OPt+2. The third-order valence-corrected chi connectivity index (χ3v) is 13.2. The third kappa shape index (κ3) is 7.89. The molecule has 0 spiro atoms. The molecule has 340 valence electrons. The predicted octanol–water partition coefficient (Wildman–Crippen LogP) is 15.3. The van der Waals surface area contributed by atoms with Crippen molar-refractivity contribution in [2.45, 2.75) is 78.6 Å². The summed E-state index contributed by atoms with van der Waals surface area (Å²) < 4.78 is 15.6. The van der Waals surface area contributed by atoms with Gasteiger partial charge in [-0.25, -0.2) is 4.98 Å². The van der Waals surface area contributed by atoms with Crippen LogP contribution in [-0.2, 0) is 37.3 Å². The number of fused-ring (bicyclic) bond motifs is 7. The smallest absolute Gasteiger partial charge is 0.509 e. The summed E-state index contributed by atoms with van der Waals surface area (Å²) in [7, 11) is 0. The Labute approximate surface area is 418 Å². The van der Waals surface area contributed by atoms with Gasteiger partial charge in [-0.2, -0.15) is 17.4 Å². The molecule has 7 aromatic carbocycles. The van der Waals surface area contributed by atoms with Crippen molar-refractivity contribution in [2.24, 2.45) is 0 Å². The SMILES string of the molecule is CC(C)(C)c1cc([N+]2=C=[N+](c3[c-]c(Oc4[c-]c5c(cc4)c4cc(C#N)ccc4n5-c4cc(C(C)(C)C)ccn4)ccc3)c3cccc(-n4c5ccccc5c5ccccc54)c32)cc(C(C)(C)C)c1.[Pt+2]. The molecule has 0 amide bonds. The zero-order valence-corrected chi connectivity index (χ0v) is 42.6. The van der Waals surface area contributed by atoms with E-state index in [9.17, 15) is 5.26 Å². The van der Waals surface area contributed by atoms with E-state index < -0.39 is 0 Å². The average molecular weight is 1080 g/mol. The van der Waals surface area contributed by atoms with Gasteiger partial charge in [0.15, 0.2) is 0 Å². The first kappa shape index (κ1) is 45.4. The minimum atomic E-state index is -0.0923. The summed E-state index contributed by atoms with van der Waals surface area (Å²) in [6.45, 7) is 20.3. The molecule has 0 atom stereocenters. The molecule has 0 saturated carbocycles. The first-order valence-electron chi connectivity index (χ1n) is 23.3. The molecular weight excluding hydrogens is 1030 g/mol. The zero-order valence-electron chi connectivity index (χ0n) is 40.3. The van der Waals surface area contributed by atoms with Gasteiger partial charge in [-0.3, -0.25) is 0 Å². The molecule has 4 heterocycles. The van der Waals surface area contributed by atoms with Crippen LogP contribution in [0.5, 0.6) is 11.5 Å². The molecule has 7 nitrogen and oxygen atoms in total. The summed E-state index contributed by atoms with van der Waals surface area (Å²) in [6.07, 6.45) is 1.86. The summed E-state index contributed by atoms with van der Waals surface area (Å²) in [5.74, 6) is 1.84. The molecule has 1 aliphatic rings. The van der Waals surface area contributed by atoms with Crippen molar-refractivity contribution >= 4 is 72.4 Å². The van der Waals surface area contributed by atoms with Crippen molar-refractivity contribution in [1.29, 1.82) is 5.26 Å². The van der Waals surface area contributed by atoms with Crippen molar-refractivity contribution in [2.75, 3.05) is 0 Å². The van der Waals surface area contributed by atoms with Gasteiger partial charge in [0.1, 0.15) is 17.2 Å². The fourth-order valence-corrected chi connectivity index (χ4v) is 9.52. The largest absolute Gasteiger partial charge is 2.00 e. The zero-order chi connectivity index (χ0) is 47.3. The number of hydrogen-bond donors (Lipinski definition) is 0. The van der Waals surface area contributed by atoms with Crippen LogP contribution in [0.2, 0.25) is 0 Å². The monoisotopic (exact) mass is 1080 g/mol. The summed E-state index contributed by atoms with van der Waals surface area (Å²) in [6, 6.07) is 64.2. The number of ether oxygens (including phenoxy) is 1. The second-order valence-corrected chi connectivity index (χ2v) is 21.0. The van der Waals surface area contributed by atoms with Gasteiger partial charge >= 0.3 is 32.8 Å². The molecule has 0 N–H and O–H groups in total. The summed E-state index contributed by atoms with van der Waals surface area (Å²) >= 11 is 0. The Bertz CT molecular complexity index is 3750. The van der Waals surface area contributed by atoms with Crippen LogP contribution < -0.4 is 13.9 Å². The van der Waals surface area contributed by atoms with Gasteiger partial charge in [0.05, 0.1) is 22.7 Å². The molecule has 3 aromatic heterocycles. The Kier molecular flexibility index (Phi) is 11.0. The van der Waals surface area contributed by atoms with Gasteiger partial charge in [0.2, 0.25) is 5.69 Å². The third-order valence-electron chi connectivity index (χ3n) is 13.2. The first-order valence-corrected chi connectivity index (χ1v) is 23.3. The Morgan fingerprint density at radius 2 is 1.20 bits per heavy atom. The molecule has 8 heteroatoms. The second-order valence-electron chi connectivity index (χ2n) is 21.0. The van der Waals surface area contributed by atoms with Gasteiger partial charge in [-0.1, -0.05) is 133 Å². The van der Waals surface area contributed by atoms with Crippen molar-refractivity contribution in [3.05, 3.63) is 186 Å². The normalized spacial score (nSPS) is 12.8. The molecule has 10 aromatic rings. The number of rotatable bonds is 6. The Balaban J connectivity index is 0.00000553.